The molecule has 2 fully saturated rings. The van der Waals surface area contributed by atoms with Crippen molar-refractivity contribution >= 4 is 0 Å². The lowest BCUT2D eigenvalue weighted by molar-refractivity contribution is 0.279. The fourth-order valence-electron chi connectivity index (χ4n) is 4.75. The number of ether oxygens (including phenoxy) is 1. The molecule has 5 nitrogen and oxygen atoms in total. The van der Waals surface area contributed by atoms with Crippen molar-refractivity contribution in [1.29, 1.82) is 0 Å². The first kappa shape index (κ1) is 21.1. The summed E-state index contributed by atoms with van der Waals surface area (Å²) in [4.78, 5) is 4.37. The first-order chi connectivity index (χ1) is 15.6. The van der Waals surface area contributed by atoms with E-state index in [1.165, 1.54) is 6.07 Å². The van der Waals surface area contributed by atoms with Gasteiger partial charge in [0.05, 0.1) is 0 Å². The number of rotatable bonds is 7. The standard InChI is InChI=1S/C25H27F2N3O2/c1-15-28-25(32-30-15)17-7-9-19(10-8-17)29-23-13-20(23)21-11-18(26)12-22(27)24(21)31-14-16-5-3-2-4-6-16/h2-6,11-12,17,19-20,23,29H,7-10,13-14H2,1H3. The molecule has 0 aliphatic heterocycles. The molecule has 0 bridgehead atoms. The van der Waals surface area contributed by atoms with Crippen LogP contribution in [0.2, 0.25) is 0 Å². The number of aryl methyl sites for hydroxylation is 1. The highest BCUT2D eigenvalue weighted by molar-refractivity contribution is 5.42. The third-order valence-corrected chi connectivity index (χ3v) is 6.52. The van der Waals surface area contributed by atoms with Gasteiger partial charge in [-0.25, -0.2) is 8.78 Å². The number of nitrogens with zero attached hydrogens (tertiary/aromatic N) is 2. The molecule has 1 N–H and O–H groups in total. The highest BCUT2D eigenvalue weighted by Crippen LogP contribution is 2.47. The van der Waals surface area contributed by atoms with E-state index >= 15 is 0 Å². The zero-order valence-corrected chi connectivity index (χ0v) is 18.1. The summed E-state index contributed by atoms with van der Waals surface area (Å²) in [6.07, 6.45) is 4.88. The van der Waals surface area contributed by atoms with Crippen molar-refractivity contribution in [3.05, 3.63) is 76.9 Å². The predicted octanol–water partition coefficient (Wildman–Crippen LogP) is 5.41. The number of hydrogen-bond acceptors (Lipinski definition) is 5. The van der Waals surface area contributed by atoms with Crippen LogP contribution in [0.4, 0.5) is 8.78 Å². The van der Waals surface area contributed by atoms with Crippen LogP contribution in [0.5, 0.6) is 5.75 Å². The smallest absolute Gasteiger partial charge is 0.229 e. The van der Waals surface area contributed by atoms with Crippen LogP contribution in [-0.2, 0) is 6.61 Å². The van der Waals surface area contributed by atoms with Gasteiger partial charge in [0.2, 0.25) is 5.89 Å². The van der Waals surface area contributed by atoms with Gasteiger partial charge in [-0.15, -0.1) is 0 Å². The quantitative estimate of drug-likeness (QED) is 0.534. The van der Waals surface area contributed by atoms with Gasteiger partial charge < -0.3 is 14.6 Å². The Morgan fingerprint density at radius 3 is 2.59 bits per heavy atom. The maximum Gasteiger partial charge on any atom is 0.229 e. The zero-order valence-electron chi connectivity index (χ0n) is 18.1. The van der Waals surface area contributed by atoms with E-state index in [1.807, 2.05) is 37.3 Å². The monoisotopic (exact) mass is 439 g/mol. The Kier molecular flexibility index (Phi) is 5.91. The minimum atomic E-state index is -0.642. The first-order valence-electron chi connectivity index (χ1n) is 11.3. The summed E-state index contributed by atoms with van der Waals surface area (Å²) in [5.74, 6) is 0.749. The molecule has 1 aromatic heterocycles. The molecule has 2 aliphatic rings. The molecule has 2 atom stereocenters. The van der Waals surface area contributed by atoms with Crippen LogP contribution < -0.4 is 10.1 Å². The summed E-state index contributed by atoms with van der Waals surface area (Å²) in [6.45, 7) is 2.08. The van der Waals surface area contributed by atoms with Crippen molar-refractivity contribution < 1.29 is 18.0 Å². The van der Waals surface area contributed by atoms with Crippen molar-refractivity contribution in [1.82, 2.24) is 15.5 Å². The molecule has 0 spiro atoms. The Bertz CT molecular complexity index is 1060. The van der Waals surface area contributed by atoms with Crippen molar-refractivity contribution in [3.63, 3.8) is 0 Å². The average molecular weight is 440 g/mol. The molecule has 2 saturated carbocycles. The molecule has 2 aromatic carbocycles. The van der Waals surface area contributed by atoms with E-state index in [9.17, 15) is 8.78 Å². The van der Waals surface area contributed by atoms with Crippen LogP contribution in [0.3, 0.4) is 0 Å². The minimum Gasteiger partial charge on any atom is -0.486 e. The van der Waals surface area contributed by atoms with E-state index < -0.39 is 11.6 Å². The van der Waals surface area contributed by atoms with Gasteiger partial charge in [-0.2, -0.15) is 4.98 Å². The SMILES string of the molecule is Cc1noc(C2CCC(NC3CC3c3cc(F)cc(F)c3OCc3ccccc3)CC2)n1. The second-order valence-corrected chi connectivity index (χ2v) is 8.92. The molecule has 3 aromatic rings. The maximum absolute atomic E-state index is 14.6. The van der Waals surface area contributed by atoms with E-state index in [0.717, 1.165) is 49.6 Å². The van der Waals surface area contributed by atoms with E-state index in [4.69, 9.17) is 9.26 Å². The summed E-state index contributed by atoms with van der Waals surface area (Å²) in [5.41, 5.74) is 1.56. The number of halogens is 2. The van der Waals surface area contributed by atoms with Crippen molar-refractivity contribution in [2.75, 3.05) is 0 Å². The van der Waals surface area contributed by atoms with Gasteiger partial charge in [-0.1, -0.05) is 35.5 Å². The van der Waals surface area contributed by atoms with Crippen LogP contribution in [0.1, 0.15) is 66.8 Å². The van der Waals surface area contributed by atoms with Gasteiger partial charge >= 0.3 is 0 Å². The summed E-state index contributed by atoms with van der Waals surface area (Å²) < 4.78 is 39.8. The molecule has 2 unspecified atom stereocenters. The summed E-state index contributed by atoms with van der Waals surface area (Å²) in [6, 6.07) is 12.5. The van der Waals surface area contributed by atoms with E-state index in [-0.39, 0.29) is 24.3 Å². The number of nitrogens with one attached hydrogen (secondary N) is 1. The third-order valence-electron chi connectivity index (χ3n) is 6.52. The first-order valence-corrected chi connectivity index (χ1v) is 11.3. The maximum atomic E-state index is 14.6. The van der Waals surface area contributed by atoms with Crippen LogP contribution in [0.25, 0.3) is 0 Å². The van der Waals surface area contributed by atoms with E-state index in [0.29, 0.717) is 23.3 Å². The topological polar surface area (TPSA) is 60.2 Å². The Hall–Kier alpha value is -2.80. The van der Waals surface area contributed by atoms with Crippen molar-refractivity contribution in [2.45, 2.75) is 69.6 Å². The lowest BCUT2D eigenvalue weighted by atomic mass is 9.86. The molecule has 0 saturated heterocycles. The third kappa shape index (κ3) is 4.67. The van der Waals surface area contributed by atoms with Crippen LogP contribution in [0.15, 0.2) is 47.0 Å². The van der Waals surface area contributed by atoms with Gasteiger partial charge in [0.15, 0.2) is 17.4 Å². The number of aromatic nitrogens is 2. The van der Waals surface area contributed by atoms with Gasteiger partial charge in [0, 0.05) is 35.5 Å². The van der Waals surface area contributed by atoms with Crippen LogP contribution >= 0.6 is 0 Å². The highest BCUT2D eigenvalue weighted by atomic mass is 19.1. The Labute approximate surface area is 186 Å². The average Bonchev–Trinajstić information content (AvgIpc) is 3.42. The highest BCUT2D eigenvalue weighted by Gasteiger charge is 2.42. The molecule has 5 rings (SSSR count). The molecule has 168 valence electrons. The number of hydrogen-bond donors (Lipinski definition) is 1. The van der Waals surface area contributed by atoms with Crippen molar-refractivity contribution in [3.8, 4) is 5.75 Å². The van der Waals surface area contributed by atoms with Gasteiger partial charge in [0.1, 0.15) is 12.4 Å². The summed E-state index contributed by atoms with van der Waals surface area (Å²) in [7, 11) is 0. The molecule has 0 radical (unpaired) electrons. The molecule has 1 heterocycles. The Morgan fingerprint density at radius 1 is 1.09 bits per heavy atom. The van der Waals surface area contributed by atoms with Crippen LogP contribution in [-0.4, -0.2) is 22.2 Å². The fraction of sp³-hybridized carbons (Fsp3) is 0.440. The summed E-state index contributed by atoms with van der Waals surface area (Å²) >= 11 is 0. The zero-order chi connectivity index (χ0) is 22.1. The summed E-state index contributed by atoms with van der Waals surface area (Å²) in [5, 5.41) is 7.59. The van der Waals surface area contributed by atoms with Crippen molar-refractivity contribution in [2.24, 2.45) is 0 Å². The van der Waals surface area contributed by atoms with E-state index in [2.05, 4.69) is 15.5 Å². The molecule has 2 aliphatic carbocycles. The van der Waals surface area contributed by atoms with Crippen LogP contribution in [0, 0.1) is 18.6 Å². The molecular weight excluding hydrogens is 412 g/mol. The molecule has 0 amide bonds. The molecular formula is C25H27F2N3O2. The second kappa shape index (κ2) is 8.98. The Morgan fingerprint density at radius 2 is 1.88 bits per heavy atom. The normalized spacial score (nSPS) is 25.0. The lowest BCUT2D eigenvalue weighted by Crippen LogP contribution is -2.35. The fourth-order valence-corrected chi connectivity index (χ4v) is 4.75. The molecule has 7 heteroatoms. The van der Waals surface area contributed by atoms with Gasteiger partial charge in [-0.05, 0) is 50.7 Å². The lowest BCUT2D eigenvalue weighted by Gasteiger charge is -2.27. The Balaban J connectivity index is 1.20. The van der Waals surface area contributed by atoms with Gasteiger partial charge in [0.25, 0.3) is 0 Å². The largest absolute Gasteiger partial charge is 0.486 e. The predicted molar refractivity (Wildman–Crippen MR) is 115 cm³/mol. The van der Waals surface area contributed by atoms with E-state index in [1.54, 1.807) is 0 Å². The second-order valence-electron chi connectivity index (χ2n) is 8.92. The molecule has 32 heavy (non-hydrogen) atoms. The minimum absolute atomic E-state index is 0.0577. The number of benzene rings is 2. The van der Waals surface area contributed by atoms with Gasteiger partial charge in [-0.3, -0.25) is 0 Å².